The minimum Gasteiger partial charge on any atom is -0.482 e. The summed E-state index contributed by atoms with van der Waals surface area (Å²) >= 11 is 12.3. The van der Waals surface area contributed by atoms with Crippen LogP contribution in [0.15, 0.2) is 48.7 Å². The Labute approximate surface area is 207 Å². The summed E-state index contributed by atoms with van der Waals surface area (Å²) in [4.78, 5) is 16.7. The fourth-order valence-electron chi connectivity index (χ4n) is 3.36. The molecule has 0 aliphatic rings. The van der Waals surface area contributed by atoms with Crippen molar-refractivity contribution in [2.75, 3.05) is 12.3 Å². The second-order valence-corrected chi connectivity index (χ2v) is 8.99. The Hall–Kier alpha value is -2.87. The number of aliphatic hydroxyl groups excluding tert-OH is 1. The van der Waals surface area contributed by atoms with E-state index in [0.29, 0.717) is 16.7 Å². The standard InChI is InChI=1S/C25H26Cl2FN3O3/c1-13(2)20(12-32)31-25(33)16-6-4-15(5-7-16)17-10-21(24(29)30-11-17)34-14(3)22-18(26)8-9-19(28)23(22)27/h4-11,13-14,20,32H,12H2,1-3H3,(H2,29,30)(H,31,33)/t14-,20-/m0/s1. The fraction of sp³-hybridized carbons (Fsp3) is 0.280. The summed E-state index contributed by atoms with van der Waals surface area (Å²) in [6.45, 7) is 5.40. The van der Waals surface area contributed by atoms with E-state index in [9.17, 15) is 14.3 Å². The van der Waals surface area contributed by atoms with Crippen LogP contribution in [0.2, 0.25) is 10.0 Å². The number of carbonyl (C=O) groups is 1. The summed E-state index contributed by atoms with van der Waals surface area (Å²) in [7, 11) is 0. The van der Waals surface area contributed by atoms with E-state index >= 15 is 0 Å². The van der Waals surface area contributed by atoms with E-state index in [0.717, 1.165) is 5.56 Å². The van der Waals surface area contributed by atoms with Crippen LogP contribution in [0.5, 0.6) is 5.75 Å². The molecule has 1 heterocycles. The van der Waals surface area contributed by atoms with Gasteiger partial charge in [0.2, 0.25) is 0 Å². The van der Waals surface area contributed by atoms with Gasteiger partial charge in [-0.3, -0.25) is 4.79 Å². The number of pyridine rings is 1. The van der Waals surface area contributed by atoms with Crippen molar-refractivity contribution in [2.45, 2.75) is 32.9 Å². The van der Waals surface area contributed by atoms with Gasteiger partial charge in [-0.05, 0) is 48.7 Å². The molecule has 2 atom stereocenters. The molecule has 0 radical (unpaired) electrons. The van der Waals surface area contributed by atoms with Crippen LogP contribution in [-0.4, -0.2) is 28.6 Å². The number of rotatable bonds is 8. The van der Waals surface area contributed by atoms with Crippen LogP contribution in [0.3, 0.4) is 0 Å². The number of halogens is 3. The molecular weight excluding hydrogens is 480 g/mol. The number of nitrogen functional groups attached to an aromatic ring is 1. The van der Waals surface area contributed by atoms with Crippen molar-refractivity contribution in [3.8, 4) is 16.9 Å². The third-order valence-electron chi connectivity index (χ3n) is 5.47. The van der Waals surface area contributed by atoms with Gasteiger partial charge in [-0.25, -0.2) is 9.37 Å². The molecule has 1 aromatic heterocycles. The summed E-state index contributed by atoms with van der Waals surface area (Å²) in [5, 5.41) is 12.4. The monoisotopic (exact) mass is 505 g/mol. The molecule has 0 saturated heterocycles. The number of nitrogens with one attached hydrogen (secondary N) is 1. The number of amides is 1. The highest BCUT2D eigenvalue weighted by Gasteiger charge is 2.20. The lowest BCUT2D eigenvalue weighted by atomic mass is 10.0. The molecule has 3 aromatic rings. The first-order valence-corrected chi connectivity index (χ1v) is 11.5. The minimum atomic E-state index is -0.693. The molecule has 180 valence electrons. The van der Waals surface area contributed by atoms with E-state index in [2.05, 4.69) is 10.3 Å². The molecule has 4 N–H and O–H groups in total. The molecule has 9 heteroatoms. The van der Waals surface area contributed by atoms with Crippen LogP contribution in [0.25, 0.3) is 11.1 Å². The molecule has 6 nitrogen and oxygen atoms in total. The van der Waals surface area contributed by atoms with Crippen molar-refractivity contribution in [1.82, 2.24) is 10.3 Å². The topological polar surface area (TPSA) is 97.5 Å². The molecule has 0 spiro atoms. The summed E-state index contributed by atoms with van der Waals surface area (Å²) in [5.74, 6) is -0.326. The largest absolute Gasteiger partial charge is 0.482 e. The molecule has 3 rings (SSSR count). The predicted molar refractivity (Wildman–Crippen MR) is 133 cm³/mol. The minimum absolute atomic E-state index is 0.104. The maximum atomic E-state index is 13.9. The van der Waals surface area contributed by atoms with Crippen molar-refractivity contribution in [3.63, 3.8) is 0 Å². The molecular formula is C25H26Cl2FN3O3. The molecule has 0 fully saturated rings. The van der Waals surface area contributed by atoms with Gasteiger partial charge < -0.3 is 20.9 Å². The van der Waals surface area contributed by atoms with Gasteiger partial charge in [-0.2, -0.15) is 0 Å². The number of hydrogen-bond donors (Lipinski definition) is 3. The fourth-order valence-corrected chi connectivity index (χ4v) is 4.04. The molecule has 0 bridgehead atoms. The highest BCUT2D eigenvalue weighted by Crippen LogP contribution is 2.37. The van der Waals surface area contributed by atoms with Crippen molar-refractivity contribution in [3.05, 3.63) is 75.7 Å². The summed E-state index contributed by atoms with van der Waals surface area (Å²) in [6, 6.07) is 10.9. The number of aromatic nitrogens is 1. The Morgan fingerprint density at radius 2 is 1.82 bits per heavy atom. The molecule has 0 aliphatic carbocycles. The summed E-state index contributed by atoms with van der Waals surface area (Å²) < 4.78 is 19.9. The number of carbonyl (C=O) groups excluding carboxylic acids is 1. The third-order valence-corrected chi connectivity index (χ3v) is 6.18. The van der Waals surface area contributed by atoms with Crippen molar-refractivity contribution in [1.29, 1.82) is 0 Å². The number of nitrogens with zero attached hydrogens (tertiary/aromatic N) is 1. The van der Waals surface area contributed by atoms with Crippen molar-refractivity contribution >= 4 is 34.9 Å². The first-order valence-electron chi connectivity index (χ1n) is 10.7. The van der Waals surface area contributed by atoms with Crippen LogP contribution >= 0.6 is 23.2 Å². The summed E-state index contributed by atoms with van der Waals surface area (Å²) in [6.07, 6.45) is 0.895. The molecule has 0 saturated carbocycles. The number of anilines is 1. The number of ether oxygens (including phenoxy) is 1. The van der Waals surface area contributed by atoms with Gasteiger partial charge in [0.1, 0.15) is 11.9 Å². The molecule has 34 heavy (non-hydrogen) atoms. The first kappa shape index (κ1) is 25.7. The first-order chi connectivity index (χ1) is 16.1. The summed E-state index contributed by atoms with van der Waals surface area (Å²) in [5.41, 5.74) is 8.26. The van der Waals surface area contributed by atoms with E-state index in [1.807, 2.05) is 13.8 Å². The average molecular weight is 506 g/mol. The van der Waals surface area contributed by atoms with Crippen LogP contribution < -0.4 is 15.8 Å². The molecule has 1 amide bonds. The quantitative estimate of drug-likeness (QED) is 0.343. The third kappa shape index (κ3) is 5.78. The zero-order valence-electron chi connectivity index (χ0n) is 19.0. The Kier molecular flexibility index (Phi) is 8.36. The molecule has 0 aliphatic heterocycles. The Balaban J connectivity index is 1.81. The molecule has 0 unspecified atom stereocenters. The number of hydrogen-bond acceptors (Lipinski definition) is 5. The van der Waals surface area contributed by atoms with Gasteiger partial charge in [0.25, 0.3) is 5.91 Å². The number of benzene rings is 2. The van der Waals surface area contributed by atoms with Gasteiger partial charge in [0.15, 0.2) is 11.6 Å². The zero-order valence-corrected chi connectivity index (χ0v) is 20.5. The highest BCUT2D eigenvalue weighted by atomic mass is 35.5. The average Bonchev–Trinajstić information content (AvgIpc) is 2.81. The van der Waals surface area contributed by atoms with Crippen LogP contribution in [0.4, 0.5) is 10.2 Å². The number of aliphatic hydroxyl groups is 1. The molecule has 2 aromatic carbocycles. The van der Waals surface area contributed by atoms with Gasteiger partial charge >= 0.3 is 0 Å². The van der Waals surface area contributed by atoms with Crippen LogP contribution in [0.1, 0.15) is 42.8 Å². The SMILES string of the molecule is CC(C)[C@H](CO)NC(=O)c1ccc(-c2cnc(N)c(O[C@@H](C)c3c(Cl)ccc(F)c3Cl)c2)cc1. The highest BCUT2D eigenvalue weighted by molar-refractivity contribution is 6.36. The predicted octanol–water partition coefficient (Wildman–Crippen LogP) is 5.66. The van der Waals surface area contributed by atoms with E-state index in [1.165, 1.54) is 12.1 Å². The van der Waals surface area contributed by atoms with E-state index in [-0.39, 0.29) is 46.1 Å². The maximum Gasteiger partial charge on any atom is 0.251 e. The van der Waals surface area contributed by atoms with Crippen LogP contribution in [-0.2, 0) is 0 Å². The smallest absolute Gasteiger partial charge is 0.251 e. The lowest BCUT2D eigenvalue weighted by Crippen LogP contribution is -2.41. The van der Waals surface area contributed by atoms with Gasteiger partial charge in [-0.1, -0.05) is 49.2 Å². The second kappa shape index (κ2) is 11.0. The van der Waals surface area contributed by atoms with Crippen LogP contribution in [0, 0.1) is 11.7 Å². The van der Waals surface area contributed by atoms with Gasteiger partial charge in [0, 0.05) is 27.9 Å². The van der Waals surface area contributed by atoms with E-state index in [1.54, 1.807) is 43.5 Å². The van der Waals surface area contributed by atoms with Crippen molar-refractivity contribution < 1.29 is 19.0 Å². The normalized spacial score (nSPS) is 12.9. The van der Waals surface area contributed by atoms with E-state index < -0.39 is 11.9 Å². The Morgan fingerprint density at radius 1 is 1.15 bits per heavy atom. The lowest BCUT2D eigenvalue weighted by Gasteiger charge is -2.20. The van der Waals surface area contributed by atoms with Gasteiger partial charge in [-0.15, -0.1) is 0 Å². The van der Waals surface area contributed by atoms with Gasteiger partial charge in [0.05, 0.1) is 17.7 Å². The second-order valence-electron chi connectivity index (χ2n) is 8.21. The van der Waals surface area contributed by atoms with Crippen molar-refractivity contribution in [2.24, 2.45) is 5.92 Å². The lowest BCUT2D eigenvalue weighted by molar-refractivity contribution is 0.0897. The zero-order chi connectivity index (χ0) is 25.0. The number of nitrogens with two attached hydrogens (primary N) is 1. The van der Waals surface area contributed by atoms with E-state index in [4.69, 9.17) is 33.7 Å². The Bertz CT molecular complexity index is 1170. The maximum absolute atomic E-state index is 13.9. The Morgan fingerprint density at radius 3 is 2.44 bits per heavy atom.